The molecule has 0 saturated heterocycles. The third-order valence-electron chi connectivity index (χ3n) is 4.56. The smallest absolute Gasteiger partial charge is 0.326 e. The van der Waals surface area contributed by atoms with Crippen LogP contribution in [0.1, 0.15) is 44.7 Å². The van der Waals surface area contributed by atoms with Crippen molar-refractivity contribution in [3.63, 3.8) is 0 Å². The first-order valence-corrected chi connectivity index (χ1v) is 9.82. The molecule has 0 fully saturated rings. The van der Waals surface area contributed by atoms with Crippen LogP contribution in [0.4, 0.5) is 0 Å². The van der Waals surface area contributed by atoms with Gasteiger partial charge in [-0.3, -0.25) is 0 Å². The van der Waals surface area contributed by atoms with Gasteiger partial charge in [-0.25, -0.2) is 4.79 Å². The zero-order valence-corrected chi connectivity index (χ0v) is 17.2. The Bertz CT molecular complexity index is 738. The average molecular weight is 384 g/mol. The Kier molecular flexibility index (Phi) is 7.55. The minimum Gasteiger partial charge on any atom is -0.480 e. The van der Waals surface area contributed by atoms with Crippen molar-refractivity contribution in [1.29, 1.82) is 0 Å². The third-order valence-corrected chi connectivity index (χ3v) is 4.96. The van der Waals surface area contributed by atoms with E-state index in [0.717, 1.165) is 23.4 Å². The van der Waals surface area contributed by atoms with Gasteiger partial charge in [0.05, 0.1) is 4.99 Å². The van der Waals surface area contributed by atoms with Crippen LogP contribution in [0.25, 0.3) is 0 Å². The summed E-state index contributed by atoms with van der Waals surface area (Å²) in [7, 11) is 0. The first-order chi connectivity index (χ1) is 12.8. The van der Waals surface area contributed by atoms with Crippen LogP contribution in [0.15, 0.2) is 60.7 Å². The second kappa shape index (κ2) is 9.65. The van der Waals surface area contributed by atoms with Crippen molar-refractivity contribution in [1.82, 2.24) is 4.90 Å². The van der Waals surface area contributed by atoms with E-state index in [4.69, 9.17) is 12.2 Å². The van der Waals surface area contributed by atoms with Crippen molar-refractivity contribution >= 4 is 23.2 Å². The van der Waals surface area contributed by atoms with E-state index in [2.05, 4.69) is 12.1 Å². The van der Waals surface area contributed by atoms with Crippen LogP contribution in [0, 0.1) is 0 Å². The van der Waals surface area contributed by atoms with E-state index in [9.17, 15) is 9.90 Å². The first kappa shape index (κ1) is 21.1. The first-order valence-electron chi connectivity index (χ1n) is 9.42. The molecule has 0 spiro atoms. The highest BCUT2D eigenvalue weighted by Crippen LogP contribution is 2.23. The maximum absolute atomic E-state index is 12.1. The number of carboxylic acid groups (broad SMARTS) is 1. The molecular formula is C23H29NO2S. The second-order valence-corrected chi connectivity index (χ2v) is 8.29. The molecule has 0 aromatic heterocycles. The van der Waals surface area contributed by atoms with Crippen LogP contribution >= 0.6 is 12.2 Å². The molecule has 1 atom stereocenters. The predicted octanol–water partition coefficient (Wildman–Crippen LogP) is 5.13. The number of rotatable bonds is 8. The van der Waals surface area contributed by atoms with Gasteiger partial charge in [-0.2, -0.15) is 0 Å². The fraction of sp³-hybridized carbons (Fsp3) is 0.391. The van der Waals surface area contributed by atoms with Gasteiger partial charge in [0.2, 0.25) is 0 Å². The molecule has 2 aromatic carbocycles. The zero-order valence-electron chi connectivity index (χ0n) is 16.4. The molecule has 0 aliphatic carbocycles. The molecule has 27 heavy (non-hydrogen) atoms. The highest BCUT2D eigenvalue weighted by atomic mass is 32.1. The predicted molar refractivity (Wildman–Crippen MR) is 115 cm³/mol. The molecule has 0 radical (unpaired) electrons. The Labute approximate surface area is 168 Å². The molecule has 1 N–H and O–H groups in total. The van der Waals surface area contributed by atoms with Crippen molar-refractivity contribution < 1.29 is 9.90 Å². The molecule has 0 aliphatic rings. The molecule has 0 amide bonds. The van der Waals surface area contributed by atoms with E-state index in [1.165, 1.54) is 5.56 Å². The van der Waals surface area contributed by atoms with Gasteiger partial charge in [-0.15, -0.1) is 0 Å². The lowest BCUT2D eigenvalue weighted by Crippen LogP contribution is -2.55. The molecule has 0 aliphatic heterocycles. The van der Waals surface area contributed by atoms with Gasteiger partial charge < -0.3 is 10.0 Å². The molecule has 3 nitrogen and oxygen atoms in total. The minimum absolute atomic E-state index is 0.359. The molecule has 0 unspecified atom stereocenters. The monoisotopic (exact) mass is 383 g/mol. The van der Waals surface area contributed by atoms with E-state index >= 15 is 0 Å². The van der Waals surface area contributed by atoms with Crippen LogP contribution in [-0.4, -0.2) is 32.5 Å². The number of thiocarbonyl (C=S) groups is 1. The lowest BCUT2D eigenvalue weighted by atomic mass is 9.97. The van der Waals surface area contributed by atoms with E-state index < -0.39 is 12.0 Å². The van der Waals surface area contributed by atoms with Gasteiger partial charge in [0.15, 0.2) is 0 Å². The van der Waals surface area contributed by atoms with Crippen LogP contribution < -0.4 is 0 Å². The fourth-order valence-corrected chi connectivity index (χ4v) is 3.90. The molecule has 144 valence electrons. The quantitative estimate of drug-likeness (QED) is 0.641. The minimum atomic E-state index is -0.834. The molecule has 2 aromatic rings. The molecule has 0 saturated carbocycles. The number of hydrogen-bond acceptors (Lipinski definition) is 2. The third kappa shape index (κ3) is 6.47. The molecule has 4 heteroatoms. The average Bonchev–Trinajstić information content (AvgIpc) is 2.61. The lowest BCUT2D eigenvalue weighted by Gasteiger charge is -2.42. The Morgan fingerprint density at radius 1 is 1.00 bits per heavy atom. The van der Waals surface area contributed by atoms with Gasteiger partial charge in [0.25, 0.3) is 0 Å². The topological polar surface area (TPSA) is 40.5 Å². The van der Waals surface area contributed by atoms with Crippen LogP contribution in [0.2, 0.25) is 0 Å². The summed E-state index contributed by atoms with van der Waals surface area (Å²) in [5.74, 6) is -0.834. The Balaban J connectivity index is 2.11. The molecule has 0 bridgehead atoms. The van der Waals surface area contributed by atoms with E-state index in [1.807, 2.05) is 74.2 Å². The number of aliphatic carboxylic acids is 1. The summed E-state index contributed by atoms with van der Waals surface area (Å²) in [5, 5.41) is 9.92. The van der Waals surface area contributed by atoms with Crippen LogP contribution in [0.3, 0.4) is 0 Å². The van der Waals surface area contributed by atoms with Crippen molar-refractivity contribution in [2.75, 3.05) is 0 Å². The SMILES string of the molecule is CC(C)(C)N(C(=S)CCCc1ccccc1)[C@@H](Cc1ccccc1)C(=O)O. The number of aryl methyl sites for hydroxylation is 1. The Morgan fingerprint density at radius 2 is 1.52 bits per heavy atom. The summed E-state index contributed by atoms with van der Waals surface area (Å²) in [6, 6.07) is 19.4. The summed E-state index contributed by atoms with van der Waals surface area (Å²) in [6.07, 6.45) is 2.99. The van der Waals surface area contributed by atoms with Gasteiger partial charge in [0, 0.05) is 12.0 Å². The van der Waals surface area contributed by atoms with Crippen molar-refractivity contribution in [2.45, 2.75) is 58.0 Å². The number of benzene rings is 2. The summed E-state index contributed by atoms with van der Waals surface area (Å²) >= 11 is 5.71. The van der Waals surface area contributed by atoms with Gasteiger partial charge >= 0.3 is 5.97 Å². The van der Waals surface area contributed by atoms with Crippen LogP contribution in [-0.2, 0) is 17.6 Å². The van der Waals surface area contributed by atoms with Gasteiger partial charge in [-0.1, -0.05) is 72.9 Å². The summed E-state index contributed by atoms with van der Waals surface area (Å²) in [5.41, 5.74) is 1.93. The van der Waals surface area contributed by atoms with Crippen LogP contribution in [0.5, 0.6) is 0 Å². The number of carbonyl (C=O) groups is 1. The molecular weight excluding hydrogens is 354 g/mol. The normalized spacial score (nSPS) is 12.4. The highest BCUT2D eigenvalue weighted by molar-refractivity contribution is 7.80. The van der Waals surface area contributed by atoms with Crippen molar-refractivity contribution in [3.8, 4) is 0 Å². The number of nitrogens with zero attached hydrogens (tertiary/aromatic N) is 1. The lowest BCUT2D eigenvalue weighted by molar-refractivity contribution is -0.143. The van der Waals surface area contributed by atoms with E-state index in [-0.39, 0.29) is 5.54 Å². The summed E-state index contributed by atoms with van der Waals surface area (Å²) in [4.78, 5) is 14.7. The number of hydrogen-bond donors (Lipinski definition) is 1. The van der Waals surface area contributed by atoms with E-state index in [1.54, 1.807) is 0 Å². The Morgan fingerprint density at radius 3 is 2.00 bits per heavy atom. The number of carboxylic acids is 1. The van der Waals surface area contributed by atoms with Crippen molar-refractivity contribution in [2.24, 2.45) is 0 Å². The summed E-state index contributed by atoms with van der Waals surface area (Å²) < 4.78 is 0. The second-order valence-electron chi connectivity index (χ2n) is 7.82. The fourth-order valence-electron chi connectivity index (χ4n) is 3.35. The van der Waals surface area contributed by atoms with Crippen molar-refractivity contribution in [3.05, 3.63) is 71.8 Å². The standard InChI is InChI=1S/C23H29NO2S/c1-23(2,3)24(20(22(25)26)17-19-13-8-5-9-14-19)21(27)16-10-15-18-11-6-4-7-12-18/h4-9,11-14,20H,10,15-17H2,1-3H3,(H,25,26)/t20-/m0/s1. The maximum atomic E-state index is 12.1. The van der Waals surface area contributed by atoms with E-state index in [0.29, 0.717) is 12.8 Å². The Hall–Kier alpha value is -2.20. The molecule has 2 rings (SSSR count). The maximum Gasteiger partial charge on any atom is 0.326 e. The largest absolute Gasteiger partial charge is 0.480 e. The summed E-state index contributed by atoms with van der Waals surface area (Å²) in [6.45, 7) is 6.08. The van der Waals surface area contributed by atoms with Gasteiger partial charge in [-0.05, 0) is 51.2 Å². The van der Waals surface area contributed by atoms with Gasteiger partial charge in [0.1, 0.15) is 6.04 Å². The zero-order chi connectivity index (χ0) is 19.9. The molecule has 0 heterocycles. The highest BCUT2D eigenvalue weighted by Gasteiger charge is 2.35.